The number of aliphatic hydroxyl groups excluding tert-OH is 1. The number of rotatable bonds is 15. The van der Waals surface area contributed by atoms with Gasteiger partial charge in [0.15, 0.2) is 0 Å². The van der Waals surface area contributed by atoms with Crippen molar-refractivity contribution < 1.29 is 68.3 Å². The number of benzene rings is 2. The summed E-state index contributed by atoms with van der Waals surface area (Å²) in [4.78, 5) is 38.5. The lowest BCUT2D eigenvalue weighted by Gasteiger charge is -2.34. The third kappa shape index (κ3) is 14.7. The van der Waals surface area contributed by atoms with Crippen molar-refractivity contribution in [1.29, 1.82) is 0 Å². The van der Waals surface area contributed by atoms with E-state index in [4.69, 9.17) is 4.74 Å². The molecule has 0 saturated heterocycles. The van der Waals surface area contributed by atoms with E-state index >= 15 is 0 Å². The first kappa shape index (κ1) is 43.7. The van der Waals surface area contributed by atoms with Gasteiger partial charge in [-0.3, -0.25) is 10.2 Å². The number of carbonyl (C=O) groups excluding carboxylic acids is 3. The standard InChI is InChI=1S/C32H43F5N4O10S/c1-30(2,3)25(39-28(44)48-7)26(43)40-41(17-20-10-12-21(13-11-20)49-27(33)34)18-24(42)23(38-29(45)50-31(4,5)6)16-19-8-14-22(15-9-19)51-52(46,47)32(35,36)37/h8-15,23-25,27,42H,16-18H2,1-7H3,(H,38,45)(H,39,44)(H,40,43)/t23-,24-,25+/m0/s1. The average molecular weight is 771 g/mol. The molecule has 3 atom stereocenters. The van der Waals surface area contributed by atoms with Gasteiger partial charge in [-0.05, 0) is 68.0 Å². The molecule has 0 radical (unpaired) electrons. The number of hydrazine groups is 1. The minimum atomic E-state index is -5.94. The molecule has 0 aliphatic rings. The maximum Gasteiger partial charge on any atom is 0.534 e. The number of ether oxygens (including phenoxy) is 3. The predicted molar refractivity (Wildman–Crippen MR) is 175 cm³/mol. The van der Waals surface area contributed by atoms with Crippen LogP contribution in [-0.2, 0) is 37.4 Å². The molecule has 292 valence electrons. The summed E-state index contributed by atoms with van der Waals surface area (Å²) in [6, 6.07) is 7.33. The first-order valence-corrected chi connectivity index (χ1v) is 16.9. The van der Waals surface area contributed by atoms with Crippen molar-refractivity contribution in [3.63, 3.8) is 0 Å². The van der Waals surface area contributed by atoms with E-state index in [0.717, 1.165) is 19.2 Å². The highest BCUT2D eigenvalue weighted by atomic mass is 32.2. The highest BCUT2D eigenvalue weighted by Gasteiger charge is 2.48. The summed E-state index contributed by atoms with van der Waals surface area (Å²) < 4.78 is 105. The number of nitrogens with one attached hydrogen (secondary N) is 3. The number of alkyl halides is 5. The zero-order valence-electron chi connectivity index (χ0n) is 29.4. The van der Waals surface area contributed by atoms with Crippen molar-refractivity contribution >= 4 is 28.2 Å². The molecule has 2 rings (SSSR count). The smallest absolute Gasteiger partial charge is 0.453 e. The third-order valence-corrected chi connectivity index (χ3v) is 7.79. The van der Waals surface area contributed by atoms with E-state index in [1.807, 2.05) is 0 Å². The largest absolute Gasteiger partial charge is 0.534 e. The molecule has 3 amide bonds. The highest BCUT2D eigenvalue weighted by molar-refractivity contribution is 7.88. The Labute approximate surface area is 298 Å². The van der Waals surface area contributed by atoms with Gasteiger partial charge in [0.2, 0.25) is 0 Å². The van der Waals surface area contributed by atoms with Crippen LogP contribution in [0, 0.1) is 5.41 Å². The average Bonchev–Trinajstić information content (AvgIpc) is 2.98. The number of amides is 3. The van der Waals surface area contributed by atoms with Gasteiger partial charge in [-0.1, -0.05) is 45.0 Å². The molecule has 0 unspecified atom stereocenters. The van der Waals surface area contributed by atoms with Gasteiger partial charge in [0.05, 0.1) is 19.3 Å². The van der Waals surface area contributed by atoms with E-state index in [-0.39, 0.29) is 18.7 Å². The number of hydrogen-bond donors (Lipinski definition) is 4. The summed E-state index contributed by atoms with van der Waals surface area (Å²) in [5.74, 6) is -1.52. The summed E-state index contributed by atoms with van der Waals surface area (Å²) in [7, 11) is -4.83. The van der Waals surface area contributed by atoms with Crippen LogP contribution >= 0.6 is 0 Å². The number of hydrogen-bond acceptors (Lipinski definition) is 11. The van der Waals surface area contributed by atoms with Crippen LogP contribution in [0.2, 0.25) is 0 Å². The Kier molecular flexibility index (Phi) is 15.0. The maximum atomic E-state index is 13.6. The summed E-state index contributed by atoms with van der Waals surface area (Å²) in [5.41, 5.74) is -4.09. The van der Waals surface area contributed by atoms with Crippen LogP contribution in [0.1, 0.15) is 52.7 Å². The van der Waals surface area contributed by atoms with E-state index in [9.17, 15) is 49.9 Å². The second kappa shape index (κ2) is 17.9. The van der Waals surface area contributed by atoms with Crippen molar-refractivity contribution in [2.24, 2.45) is 5.41 Å². The predicted octanol–water partition coefficient (Wildman–Crippen LogP) is 4.62. The quantitative estimate of drug-likeness (QED) is 0.0859. The topological polar surface area (TPSA) is 182 Å². The minimum Gasteiger partial charge on any atom is -0.453 e. The molecule has 0 bridgehead atoms. The molecule has 2 aromatic rings. The number of aliphatic hydroxyl groups is 1. The fourth-order valence-corrected chi connectivity index (χ4v) is 4.88. The van der Waals surface area contributed by atoms with E-state index in [1.165, 1.54) is 41.4 Å². The zero-order chi connectivity index (χ0) is 39.7. The second-order valence-corrected chi connectivity index (χ2v) is 15.0. The van der Waals surface area contributed by atoms with Crippen LogP contribution in [-0.4, -0.2) is 86.2 Å². The SMILES string of the molecule is COC(=O)N[C@H](C(=O)NN(Cc1ccc(OC(F)F)cc1)C[C@H](O)[C@H](Cc1ccc(OS(=O)(=O)C(F)(F)F)cc1)NC(=O)OC(C)(C)C)C(C)(C)C. The van der Waals surface area contributed by atoms with Crippen molar-refractivity contribution in [3.05, 3.63) is 59.7 Å². The number of alkyl carbamates (subject to hydrolysis) is 2. The molecular weight excluding hydrogens is 727 g/mol. The summed E-state index contributed by atoms with van der Waals surface area (Å²) in [6.07, 6.45) is -3.57. The zero-order valence-corrected chi connectivity index (χ0v) is 30.2. The highest BCUT2D eigenvalue weighted by Crippen LogP contribution is 2.27. The molecule has 2 aromatic carbocycles. The van der Waals surface area contributed by atoms with E-state index in [2.05, 4.69) is 29.7 Å². The maximum absolute atomic E-state index is 13.6. The van der Waals surface area contributed by atoms with Crippen LogP contribution in [0.5, 0.6) is 11.5 Å². The van der Waals surface area contributed by atoms with Gasteiger partial charge in [-0.15, -0.1) is 0 Å². The lowest BCUT2D eigenvalue weighted by atomic mass is 9.86. The molecule has 0 aliphatic heterocycles. The van der Waals surface area contributed by atoms with Gasteiger partial charge in [0.25, 0.3) is 5.91 Å². The second-order valence-electron chi connectivity index (χ2n) is 13.5. The van der Waals surface area contributed by atoms with Gasteiger partial charge in [-0.2, -0.15) is 30.4 Å². The Balaban J connectivity index is 2.45. The summed E-state index contributed by atoms with van der Waals surface area (Å²) in [5, 5.41) is 17.7. The Morgan fingerprint density at radius 1 is 0.846 bits per heavy atom. The number of nitrogens with zero attached hydrogens (tertiary/aromatic N) is 1. The van der Waals surface area contributed by atoms with Gasteiger partial charge >= 0.3 is 34.4 Å². The van der Waals surface area contributed by atoms with Gasteiger partial charge in [-0.25, -0.2) is 14.6 Å². The number of halogens is 5. The van der Waals surface area contributed by atoms with E-state index in [1.54, 1.807) is 41.5 Å². The molecule has 0 heterocycles. The molecule has 0 saturated carbocycles. The van der Waals surface area contributed by atoms with Crippen LogP contribution in [0.4, 0.5) is 31.5 Å². The van der Waals surface area contributed by atoms with Crippen LogP contribution in [0.3, 0.4) is 0 Å². The minimum absolute atomic E-state index is 0.140. The molecule has 4 N–H and O–H groups in total. The molecule has 0 aliphatic carbocycles. The first-order valence-electron chi connectivity index (χ1n) is 15.5. The first-order chi connectivity index (χ1) is 23.8. The monoisotopic (exact) mass is 770 g/mol. The summed E-state index contributed by atoms with van der Waals surface area (Å²) >= 11 is 0. The van der Waals surface area contributed by atoms with Crippen LogP contribution < -0.4 is 25.0 Å². The lowest BCUT2D eigenvalue weighted by molar-refractivity contribution is -0.131. The molecule has 0 aromatic heterocycles. The Morgan fingerprint density at radius 2 is 1.38 bits per heavy atom. The van der Waals surface area contributed by atoms with Crippen molar-refractivity contribution in [1.82, 2.24) is 21.1 Å². The van der Waals surface area contributed by atoms with Gasteiger partial charge in [0.1, 0.15) is 23.1 Å². The van der Waals surface area contributed by atoms with Gasteiger partial charge in [0, 0.05) is 13.1 Å². The normalized spacial score (nSPS) is 14.2. The number of carbonyl (C=O) groups is 3. The third-order valence-electron chi connectivity index (χ3n) is 6.81. The summed E-state index contributed by atoms with van der Waals surface area (Å²) in [6.45, 7) is 6.15. The molecule has 20 heteroatoms. The van der Waals surface area contributed by atoms with Gasteiger partial charge < -0.3 is 34.1 Å². The molecule has 0 fully saturated rings. The number of methoxy groups -OCH3 is 1. The molecule has 52 heavy (non-hydrogen) atoms. The Hall–Kier alpha value is -4.43. The van der Waals surface area contributed by atoms with E-state index in [0.29, 0.717) is 11.1 Å². The van der Waals surface area contributed by atoms with Crippen LogP contribution in [0.15, 0.2) is 48.5 Å². The molecular formula is C32H43F5N4O10S. The Bertz CT molecular complexity index is 1600. The Morgan fingerprint density at radius 3 is 1.87 bits per heavy atom. The van der Waals surface area contributed by atoms with E-state index < -0.39 is 81.8 Å². The van der Waals surface area contributed by atoms with Crippen LogP contribution in [0.25, 0.3) is 0 Å². The van der Waals surface area contributed by atoms with Crippen molar-refractivity contribution in [3.8, 4) is 11.5 Å². The fraction of sp³-hybridized carbons (Fsp3) is 0.531. The fourth-order valence-electron chi connectivity index (χ4n) is 4.42. The lowest BCUT2D eigenvalue weighted by Crippen LogP contribution is -2.59. The van der Waals surface area contributed by atoms with Crippen molar-refractivity contribution in [2.75, 3.05) is 13.7 Å². The molecule has 14 nitrogen and oxygen atoms in total. The molecule has 0 spiro atoms. The van der Waals surface area contributed by atoms with Crippen molar-refractivity contribution in [2.45, 2.75) is 90.4 Å².